The normalized spacial score (nSPS) is 23.7. The molecule has 2 aliphatic heterocycles. The van der Waals surface area contributed by atoms with E-state index in [0.717, 1.165) is 12.8 Å². The Hall–Kier alpha value is -1.30. The molecule has 2 amide bonds. The van der Waals surface area contributed by atoms with E-state index in [4.69, 9.17) is 5.11 Å². The van der Waals surface area contributed by atoms with Crippen LogP contribution in [0.3, 0.4) is 0 Å². The molecule has 0 aromatic carbocycles. The van der Waals surface area contributed by atoms with Crippen LogP contribution in [0.2, 0.25) is 0 Å². The summed E-state index contributed by atoms with van der Waals surface area (Å²) < 4.78 is 0. The van der Waals surface area contributed by atoms with Crippen LogP contribution >= 0.6 is 0 Å². The fourth-order valence-electron chi connectivity index (χ4n) is 2.91. The summed E-state index contributed by atoms with van der Waals surface area (Å²) in [5.74, 6) is -0.455. The number of hydrogen-bond acceptors (Lipinski definition) is 3. The van der Waals surface area contributed by atoms with Crippen LogP contribution in [0.25, 0.3) is 0 Å². The summed E-state index contributed by atoms with van der Waals surface area (Å²) in [5.41, 5.74) is -0.694. The lowest BCUT2D eigenvalue weighted by Crippen LogP contribution is -2.51. The number of carbonyl (C=O) groups excluding carboxylic acids is 1. The van der Waals surface area contributed by atoms with Gasteiger partial charge in [-0.05, 0) is 38.5 Å². The van der Waals surface area contributed by atoms with Gasteiger partial charge in [-0.2, -0.15) is 0 Å². The molecule has 0 aromatic heterocycles. The first-order valence-corrected chi connectivity index (χ1v) is 7.34. The highest BCUT2D eigenvalue weighted by atomic mass is 16.4. The Labute approximate surface area is 119 Å². The number of likely N-dealkylation sites (tertiary alicyclic amines) is 2. The number of carbonyl (C=O) groups is 2. The number of urea groups is 1. The summed E-state index contributed by atoms with van der Waals surface area (Å²) in [5, 5.41) is 18.3. The van der Waals surface area contributed by atoms with Gasteiger partial charge < -0.3 is 20.0 Å². The van der Waals surface area contributed by atoms with Crippen LogP contribution in [-0.4, -0.2) is 64.8 Å². The smallest absolute Gasteiger partial charge is 0.319 e. The number of aliphatic hydroxyl groups is 1. The summed E-state index contributed by atoms with van der Waals surface area (Å²) >= 11 is 0. The number of carboxylic acid groups (broad SMARTS) is 1. The van der Waals surface area contributed by atoms with Crippen molar-refractivity contribution in [1.82, 2.24) is 9.80 Å². The van der Waals surface area contributed by atoms with E-state index < -0.39 is 11.4 Å². The van der Waals surface area contributed by atoms with Crippen LogP contribution < -0.4 is 0 Å². The molecule has 0 bridgehead atoms. The van der Waals surface area contributed by atoms with Crippen molar-refractivity contribution in [2.24, 2.45) is 11.3 Å². The first-order chi connectivity index (χ1) is 9.46. The van der Waals surface area contributed by atoms with E-state index in [2.05, 4.69) is 0 Å². The predicted octanol–water partition coefficient (Wildman–Crippen LogP) is 0.997. The van der Waals surface area contributed by atoms with Gasteiger partial charge in [0.1, 0.15) is 0 Å². The minimum absolute atomic E-state index is 0.0221. The molecule has 0 aromatic rings. The third-order valence-electron chi connectivity index (χ3n) is 4.80. The Morgan fingerprint density at radius 1 is 1.10 bits per heavy atom. The molecule has 0 atom stereocenters. The molecule has 6 heteroatoms. The van der Waals surface area contributed by atoms with Gasteiger partial charge in [0.15, 0.2) is 0 Å². The fourth-order valence-corrected chi connectivity index (χ4v) is 2.91. The Kier molecular flexibility index (Phi) is 4.52. The quantitative estimate of drug-likeness (QED) is 0.792. The van der Waals surface area contributed by atoms with Crippen LogP contribution in [0.4, 0.5) is 4.79 Å². The van der Waals surface area contributed by atoms with Gasteiger partial charge in [0.05, 0.1) is 5.41 Å². The third-order valence-corrected chi connectivity index (χ3v) is 4.80. The number of aliphatic carboxylic acids is 1. The molecule has 2 fully saturated rings. The highest BCUT2D eigenvalue weighted by Crippen LogP contribution is 2.31. The van der Waals surface area contributed by atoms with Crippen molar-refractivity contribution >= 4 is 12.0 Å². The number of carboxylic acids is 1. The minimum Gasteiger partial charge on any atom is -0.481 e. The summed E-state index contributed by atoms with van der Waals surface area (Å²) in [6.07, 6.45) is 2.73. The largest absolute Gasteiger partial charge is 0.481 e. The number of nitrogens with zero attached hydrogens (tertiary/aromatic N) is 2. The molecule has 0 aliphatic carbocycles. The zero-order valence-corrected chi connectivity index (χ0v) is 12.0. The maximum Gasteiger partial charge on any atom is 0.319 e. The van der Waals surface area contributed by atoms with Gasteiger partial charge in [0, 0.05) is 32.8 Å². The molecular formula is C14H24N2O4. The second kappa shape index (κ2) is 5.99. The SMILES string of the molecule is CC1(C(=O)O)CCN(C(=O)N2CCC(CO)CC2)CC1. The highest BCUT2D eigenvalue weighted by molar-refractivity contribution is 5.77. The van der Waals surface area contributed by atoms with Crippen molar-refractivity contribution in [1.29, 1.82) is 0 Å². The number of piperidine rings is 2. The maximum atomic E-state index is 12.4. The molecule has 0 saturated carbocycles. The second-order valence-corrected chi connectivity index (χ2v) is 6.25. The number of aliphatic hydroxyl groups excluding tert-OH is 1. The van der Waals surface area contributed by atoms with Crippen LogP contribution in [0.15, 0.2) is 0 Å². The van der Waals surface area contributed by atoms with Gasteiger partial charge in [-0.1, -0.05) is 0 Å². The zero-order chi connectivity index (χ0) is 14.8. The van der Waals surface area contributed by atoms with E-state index in [9.17, 15) is 14.7 Å². The number of amides is 2. The van der Waals surface area contributed by atoms with Gasteiger partial charge in [0.25, 0.3) is 0 Å². The molecule has 2 saturated heterocycles. The van der Waals surface area contributed by atoms with Crippen LogP contribution in [0, 0.1) is 11.3 Å². The molecule has 20 heavy (non-hydrogen) atoms. The molecule has 2 rings (SSSR count). The summed E-state index contributed by atoms with van der Waals surface area (Å²) in [6.45, 7) is 4.36. The van der Waals surface area contributed by atoms with Crippen molar-refractivity contribution in [3.8, 4) is 0 Å². The van der Waals surface area contributed by atoms with Gasteiger partial charge in [0.2, 0.25) is 0 Å². The maximum absolute atomic E-state index is 12.4. The molecule has 0 unspecified atom stereocenters. The molecular weight excluding hydrogens is 260 g/mol. The standard InChI is InChI=1S/C14H24N2O4/c1-14(12(18)19)4-8-16(9-5-14)13(20)15-6-2-11(10-17)3-7-15/h11,17H,2-10H2,1H3,(H,18,19). The predicted molar refractivity (Wildman–Crippen MR) is 73.3 cm³/mol. The average Bonchev–Trinajstić information content (AvgIpc) is 2.47. The van der Waals surface area contributed by atoms with E-state index in [1.807, 2.05) is 4.90 Å². The lowest BCUT2D eigenvalue weighted by atomic mass is 9.80. The van der Waals surface area contributed by atoms with Gasteiger partial charge in [-0.15, -0.1) is 0 Å². The van der Waals surface area contributed by atoms with E-state index in [1.165, 1.54) is 0 Å². The second-order valence-electron chi connectivity index (χ2n) is 6.25. The first-order valence-electron chi connectivity index (χ1n) is 7.34. The third kappa shape index (κ3) is 3.06. The Morgan fingerprint density at radius 3 is 2.05 bits per heavy atom. The highest BCUT2D eigenvalue weighted by Gasteiger charge is 2.39. The van der Waals surface area contributed by atoms with E-state index in [1.54, 1.807) is 11.8 Å². The Bertz CT molecular complexity index is 369. The van der Waals surface area contributed by atoms with Gasteiger partial charge in [-0.3, -0.25) is 4.79 Å². The van der Waals surface area contributed by atoms with Crippen LogP contribution in [-0.2, 0) is 4.79 Å². The van der Waals surface area contributed by atoms with Gasteiger partial charge in [-0.25, -0.2) is 4.79 Å². The van der Waals surface area contributed by atoms with E-state index in [-0.39, 0.29) is 12.6 Å². The Morgan fingerprint density at radius 2 is 1.60 bits per heavy atom. The lowest BCUT2D eigenvalue weighted by molar-refractivity contribution is -0.150. The Balaban J connectivity index is 1.85. The van der Waals surface area contributed by atoms with Crippen molar-refractivity contribution in [3.63, 3.8) is 0 Å². The molecule has 0 spiro atoms. The lowest BCUT2D eigenvalue weighted by Gasteiger charge is -2.40. The fraction of sp³-hybridized carbons (Fsp3) is 0.857. The van der Waals surface area contributed by atoms with E-state index >= 15 is 0 Å². The molecule has 0 radical (unpaired) electrons. The summed E-state index contributed by atoms with van der Waals surface area (Å²) in [4.78, 5) is 27.2. The van der Waals surface area contributed by atoms with Crippen LogP contribution in [0.5, 0.6) is 0 Å². The van der Waals surface area contributed by atoms with E-state index in [0.29, 0.717) is 44.9 Å². The summed E-state index contributed by atoms with van der Waals surface area (Å²) in [6, 6.07) is 0.0221. The molecule has 2 N–H and O–H groups in total. The topological polar surface area (TPSA) is 81.1 Å². The molecule has 114 valence electrons. The zero-order valence-electron chi connectivity index (χ0n) is 12.0. The number of hydrogen-bond donors (Lipinski definition) is 2. The van der Waals surface area contributed by atoms with Crippen LogP contribution in [0.1, 0.15) is 32.6 Å². The molecule has 6 nitrogen and oxygen atoms in total. The van der Waals surface area contributed by atoms with Crippen molar-refractivity contribution in [3.05, 3.63) is 0 Å². The molecule has 2 aliphatic rings. The molecule has 2 heterocycles. The van der Waals surface area contributed by atoms with Crippen molar-refractivity contribution in [2.45, 2.75) is 32.6 Å². The summed E-state index contributed by atoms with van der Waals surface area (Å²) in [7, 11) is 0. The van der Waals surface area contributed by atoms with Crippen molar-refractivity contribution in [2.75, 3.05) is 32.8 Å². The first kappa shape index (κ1) is 15.1. The van der Waals surface area contributed by atoms with Gasteiger partial charge >= 0.3 is 12.0 Å². The average molecular weight is 284 g/mol. The van der Waals surface area contributed by atoms with Crippen molar-refractivity contribution < 1.29 is 19.8 Å². The number of rotatable bonds is 2. The monoisotopic (exact) mass is 284 g/mol. The minimum atomic E-state index is -0.770.